The van der Waals surface area contributed by atoms with Gasteiger partial charge in [0.15, 0.2) is 0 Å². The normalized spacial score (nSPS) is 11.6. The summed E-state index contributed by atoms with van der Waals surface area (Å²) in [6, 6.07) is 10.4. The Balaban J connectivity index is 1.68. The molecule has 0 fully saturated rings. The van der Waals surface area contributed by atoms with Crippen molar-refractivity contribution in [3.05, 3.63) is 59.0 Å². The maximum absolute atomic E-state index is 12.7. The Labute approximate surface area is 183 Å². The molecule has 0 atom stereocenters. The molecule has 154 valence electrons. The number of fused-ring (bicyclic) bond motifs is 1. The third-order valence-electron chi connectivity index (χ3n) is 4.54. The molecule has 0 bridgehead atoms. The molecule has 2 heterocycles. The van der Waals surface area contributed by atoms with Crippen LogP contribution in [0.2, 0.25) is 10.0 Å². The van der Waals surface area contributed by atoms with Crippen LogP contribution >= 0.6 is 23.2 Å². The first-order valence-electron chi connectivity index (χ1n) is 9.28. The molecule has 0 spiro atoms. The first-order chi connectivity index (χ1) is 14.2. The third kappa shape index (κ3) is 3.99. The second kappa shape index (κ2) is 7.66. The van der Waals surface area contributed by atoms with Crippen molar-refractivity contribution in [2.45, 2.75) is 26.3 Å². The number of hydrogen-bond donors (Lipinski definition) is 3. The number of urea groups is 1. The van der Waals surface area contributed by atoms with E-state index in [-0.39, 0.29) is 10.6 Å². The molecule has 0 aliphatic rings. The van der Waals surface area contributed by atoms with Crippen molar-refractivity contribution < 1.29 is 4.79 Å². The molecule has 7 nitrogen and oxygen atoms in total. The van der Waals surface area contributed by atoms with Crippen LogP contribution in [0.4, 0.5) is 16.2 Å². The highest BCUT2D eigenvalue weighted by Gasteiger charge is 2.21. The number of carbonyl (C=O) groups excluding carboxylic acids is 1. The summed E-state index contributed by atoms with van der Waals surface area (Å²) in [6.07, 6.45) is 3.45. The van der Waals surface area contributed by atoms with E-state index in [4.69, 9.17) is 28.3 Å². The maximum atomic E-state index is 12.7. The molecule has 0 saturated carbocycles. The number of benzene rings is 2. The van der Waals surface area contributed by atoms with Gasteiger partial charge < -0.3 is 15.6 Å². The van der Waals surface area contributed by atoms with Crippen LogP contribution in [0.1, 0.15) is 20.8 Å². The van der Waals surface area contributed by atoms with Gasteiger partial charge >= 0.3 is 6.03 Å². The second-order valence-electron chi connectivity index (χ2n) is 7.82. The molecule has 0 aliphatic heterocycles. The summed E-state index contributed by atoms with van der Waals surface area (Å²) in [5, 5.41) is 11.0. The number of H-pyrrole nitrogens is 1. The standard InChI is InChI=1S/C21H20Cl2N6O/c1-21(2,3)29-10-17(27-20(30)26-15-6-4-5-13(22)18(15)23)19(28-29)12-7-8-14-16(9-12)25-11-24-14/h4-11H,1-3H3,(H,24,25)(H2,26,27,30). The Bertz CT molecular complexity index is 1240. The number of nitrogens with zero attached hydrogens (tertiary/aromatic N) is 3. The van der Waals surface area contributed by atoms with E-state index in [1.54, 1.807) is 24.5 Å². The molecule has 9 heteroatoms. The van der Waals surface area contributed by atoms with E-state index in [2.05, 4.69) is 20.6 Å². The molecule has 0 saturated heterocycles. The number of aromatic amines is 1. The average molecular weight is 443 g/mol. The summed E-state index contributed by atoms with van der Waals surface area (Å²) in [5.74, 6) is 0. The van der Waals surface area contributed by atoms with Gasteiger partial charge in [0.2, 0.25) is 0 Å². The lowest BCUT2D eigenvalue weighted by Crippen LogP contribution is -2.22. The van der Waals surface area contributed by atoms with Crippen LogP contribution in [0.25, 0.3) is 22.3 Å². The third-order valence-corrected chi connectivity index (χ3v) is 5.36. The number of anilines is 2. The lowest BCUT2D eigenvalue weighted by molar-refractivity contribution is 0.262. The van der Waals surface area contributed by atoms with E-state index in [1.165, 1.54) is 0 Å². The molecular weight excluding hydrogens is 423 g/mol. The molecule has 4 aromatic rings. The number of imidazole rings is 1. The Kier molecular flexibility index (Phi) is 5.17. The van der Waals surface area contributed by atoms with Gasteiger partial charge in [-0.25, -0.2) is 9.78 Å². The zero-order valence-electron chi connectivity index (χ0n) is 16.6. The molecule has 3 N–H and O–H groups in total. The highest BCUT2D eigenvalue weighted by atomic mass is 35.5. The maximum Gasteiger partial charge on any atom is 0.323 e. The van der Waals surface area contributed by atoms with Gasteiger partial charge in [-0.1, -0.05) is 35.3 Å². The number of hydrogen-bond acceptors (Lipinski definition) is 3. The summed E-state index contributed by atoms with van der Waals surface area (Å²) < 4.78 is 1.82. The molecule has 0 radical (unpaired) electrons. The molecule has 2 amide bonds. The monoisotopic (exact) mass is 442 g/mol. The minimum Gasteiger partial charge on any atom is -0.345 e. The number of nitrogens with one attached hydrogen (secondary N) is 3. The first kappa shape index (κ1) is 20.3. The van der Waals surface area contributed by atoms with Gasteiger partial charge in [0.05, 0.1) is 44.3 Å². The fourth-order valence-electron chi connectivity index (χ4n) is 2.98. The smallest absolute Gasteiger partial charge is 0.323 e. The van der Waals surface area contributed by atoms with E-state index >= 15 is 0 Å². The van der Waals surface area contributed by atoms with Gasteiger partial charge in [0.25, 0.3) is 0 Å². The highest BCUT2D eigenvalue weighted by molar-refractivity contribution is 6.44. The summed E-state index contributed by atoms with van der Waals surface area (Å²) >= 11 is 12.2. The van der Waals surface area contributed by atoms with Crippen LogP contribution in [-0.4, -0.2) is 25.8 Å². The average Bonchev–Trinajstić information content (AvgIpc) is 3.31. The molecule has 30 heavy (non-hydrogen) atoms. The van der Waals surface area contributed by atoms with Gasteiger partial charge in [-0.05, 0) is 45.0 Å². The fraction of sp³-hybridized carbons (Fsp3) is 0.190. The molecule has 0 unspecified atom stereocenters. The number of halogens is 2. The van der Waals surface area contributed by atoms with Crippen LogP contribution in [0.15, 0.2) is 48.9 Å². The molecule has 2 aromatic carbocycles. The van der Waals surface area contributed by atoms with E-state index in [9.17, 15) is 4.79 Å². The molecule has 2 aromatic heterocycles. The molecular formula is C21H20Cl2N6O. The minimum atomic E-state index is -0.449. The Morgan fingerprint density at radius 1 is 1.10 bits per heavy atom. The van der Waals surface area contributed by atoms with Gasteiger partial charge in [-0.2, -0.15) is 5.10 Å². The van der Waals surface area contributed by atoms with Crippen molar-refractivity contribution in [3.63, 3.8) is 0 Å². The Morgan fingerprint density at radius 2 is 1.87 bits per heavy atom. The van der Waals surface area contributed by atoms with Gasteiger partial charge in [0.1, 0.15) is 5.69 Å². The number of aromatic nitrogens is 4. The summed E-state index contributed by atoms with van der Waals surface area (Å²) in [4.78, 5) is 20.1. The SMILES string of the molecule is CC(C)(C)n1cc(NC(=O)Nc2cccc(Cl)c2Cl)c(-c2ccc3[nH]cnc3c2)n1. The molecule has 0 aliphatic carbocycles. The van der Waals surface area contributed by atoms with Gasteiger partial charge in [-0.15, -0.1) is 0 Å². The van der Waals surface area contributed by atoms with Crippen LogP contribution in [-0.2, 0) is 5.54 Å². The van der Waals surface area contributed by atoms with Crippen LogP contribution in [0, 0.1) is 0 Å². The predicted octanol–water partition coefficient (Wildman–Crippen LogP) is 6.13. The van der Waals surface area contributed by atoms with Crippen molar-refractivity contribution in [1.82, 2.24) is 19.7 Å². The van der Waals surface area contributed by atoms with Crippen molar-refractivity contribution in [2.24, 2.45) is 0 Å². The predicted molar refractivity (Wildman–Crippen MR) is 121 cm³/mol. The highest BCUT2D eigenvalue weighted by Crippen LogP contribution is 2.32. The van der Waals surface area contributed by atoms with Crippen molar-refractivity contribution >= 4 is 51.6 Å². The number of carbonyl (C=O) groups is 1. The van der Waals surface area contributed by atoms with Crippen LogP contribution in [0.3, 0.4) is 0 Å². The summed E-state index contributed by atoms with van der Waals surface area (Å²) in [5.41, 5.74) is 3.95. The van der Waals surface area contributed by atoms with Crippen LogP contribution in [0.5, 0.6) is 0 Å². The van der Waals surface area contributed by atoms with Crippen molar-refractivity contribution in [1.29, 1.82) is 0 Å². The Hall–Kier alpha value is -3.03. The van der Waals surface area contributed by atoms with Crippen LogP contribution < -0.4 is 10.6 Å². The van der Waals surface area contributed by atoms with E-state index < -0.39 is 6.03 Å². The van der Waals surface area contributed by atoms with Gasteiger partial charge in [-0.3, -0.25) is 4.68 Å². The molecule has 4 rings (SSSR count). The fourth-order valence-corrected chi connectivity index (χ4v) is 3.33. The zero-order valence-corrected chi connectivity index (χ0v) is 18.1. The number of rotatable bonds is 3. The second-order valence-corrected chi connectivity index (χ2v) is 8.61. The lowest BCUT2D eigenvalue weighted by Gasteiger charge is -2.18. The Morgan fingerprint density at radius 3 is 2.63 bits per heavy atom. The number of amides is 2. The van der Waals surface area contributed by atoms with E-state index in [0.717, 1.165) is 16.6 Å². The largest absolute Gasteiger partial charge is 0.345 e. The first-order valence-corrected chi connectivity index (χ1v) is 10.0. The van der Waals surface area contributed by atoms with Crippen molar-refractivity contribution in [3.8, 4) is 11.3 Å². The summed E-state index contributed by atoms with van der Waals surface area (Å²) in [6.45, 7) is 6.11. The van der Waals surface area contributed by atoms with Gasteiger partial charge in [0, 0.05) is 11.8 Å². The zero-order chi connectivity index (χ0) is 21.5. The van der Waals surface area contributed by atoms with E-state index in [1.807, 2.05) is 49.8 Å². The summed E-state index contributed by atoms with van der Waals surface area (Å²) in [7, 11) is 0. The minimum absolute atomic E-state index is 0.266. The van der Waals surface area contributed by atoms with E-state index in [0.29, 0.717) is 22.1 Å². The topological polar surface area (TPSA) is 87.6 Å². The quantitative estimate of drug-likeness (QED) is 0.356. The lowest BCUT2D eigenvalue weighted by atomic mass is 10.1. The van der Waals surface area contributed by atoms with Crippen molar-refractivity contribution in [2.75, 3.05) is 10.6 Å².